The Morgan fingerprint density at radius 2 is 1.18 bits per heavy atom. The molecule has 8 bridgehead atoms. The van der Waals surface area contributed by atoms with Crippen molar-refractivity contribution in [2.45, 2.75) is 6.92 Å². The van der Waals surface area contributed by atoms with Crippen molar-refractivity contribution in [3.63, 3.8) is 0 Å². The van der Waals surface area contributed by atoms with E-state index in [1.54, 1.807) is 7.11 Å². The molecule has 1 aliphatic rings. The fourth-order valence-electron chi connectivity index (χ4n) is 4.42. The molecule has 0 saturated heterocycles. The molecule has 4 aromatic heterocycles. The number of hydrogen-bond acceptors (Lipinski definition) is 1. The summed E-state index contributed by atoms with van der Waals surface area (Å²) in [5.74, 6) is 0.893. The van der Waals surface area contributed by atoms with Crippen LogP contribution in [0.4, 0.5) is 0 Å². The topological polar surface area (TPSA) is 72.4 Å². The summed E-state index contributed by atoms with van der Waals surface area (Å²) in [5, 5.41) is 4.19. The van der Waals surface area contributed by atoms with Crippen LogP contribution in [-0.4, -0.2) is 27.0 Å². The lowest BCUT2D eigenvalue weighted by molar-refractivity contribution is 0.412. The Kier molecular flexibility index (Phi) is 4.47. The van der Waals surface area contributed by atoms with Gasteiger partial charge in [-0.25, -0.2) is 0 Å². The van der Waals surface area contributed by atoms with Crippen LogP contribution in [0.3, 0.4) is 0 Å². The van der Waals surface area contributed by atoms with Crippen LogP contribution in [0.25, 0.3) is 35.4 Å². The van der Waals surface area contributed by atoms with E-state index in [2.05, 4.69) is 106 Å². The molecule has 5 nitrogen and oxygen atoms in total. The summed E-state index contributed by atoms with van der Waals surface area (Å²) in [7, 11) is 1.71. The van der Waals surface area contributed by atoms with E-state index in [1.165, 1.54) is 0 Å². The first-order valence-corrected chi connectivity index (χ1v) is 11.0. The highest BCUT2D eigenvalue weighted by molar-refractivity contribution is 5.69. The van der Waals surface area contributed by atoms with Gasteiger partial charge in [-0.3, -0.25) is 0 Å². The Bertz CT molecular complexity index is 1720. The molecule has 0 radical (unpaired) electrons. The number of fused-ring (bicyclic) bond motifs is 8. The van der Waals surface area contributed by atoms with E-state index < -0.39 is 0 Å². The third-order valence-corrected chi connectivity index (χ3v) is 6.00. The van der Waals surface area contributed by atoms with Gasteiger partial charge in [-0.05, 0) is 97.0 Å². The summed E-state index contributed by atoms with van der Waals surface area (Å²) in [6.45, 7) is 2.07. The average Bonchev–Trinajstić information content (AvgIpc) is 3.59. The second kappa shape index (κ2) is 7.64. The van der Waals surface area contributed by atoms with Gasteiger partial charge >= 0.3 is 0 Å². The molecule has 33 heavy (non-hydrogen) atoms. The number of aryl methyl sites for hydroxylation is 1. The van der Waals surface area contributed by atoms with Gasteiger partial charge < -0.3 is 24.7 Å². The highest BCUT2D eigenvalue weighted by Crippen LogP contribution is 2.24. The molecular formula is C28H24N4O. The van der Waals surface area contributed by atoms with Crippen LogP contribution in [-0.2, 0) is 0 Å². The first-order valence-electron chi connectivity index (χ1n) is 11.0. The van der Waals surface area contributed by atoms with Gasteiger partial charge in [-0.2, -0.15) is 0 Å². The summed E-state index contributed by atoms with van der Waals surface area (Å²) >= 11 is 0. The molecular weight excluding hydrogens is 408 g/mol. The van der Waals surface area contributed by atoms with Crippen LogP contribution in [0.15, 0.2) is 60.7 Å². The maximum atomic E-state index is 5.46. The SMILES string of the molecule is COc1ccc(-c2cc3[nH]c2=Cc2ccc([nH]2)C=c2ccc([nH]2)=Cc2ccc([nH]2)C=3)cc1C. The smallest absolute Gasteiger partial charge is 0.121 e. The number of aromatic amines is 4. The lowest BCUT2D eigenvalue weighted by atomic mass is 10.0. The van der Waals surface area contributed by atoms with Crippen LogP contribution in [0.2, 0.25) is 0 Å². The van der Waals surface area contributed by atoms with Crippen molar-refractivity contribution >= 4 is 24.3 Å². The van der Waals surface area contributed by atoms with Gasteiger partial charge in [0.2, 0.25) is 0 Å². The van der Waals surface area contributed by atoms with Gasteiger partial charge in [0, 0.05) is 49.7 Å². The van der Waals surface area contributed by atoms with E-state index >= 15 is 0 Å². The highest BCUT2D eigenvalue weighted by atomic mass is 16.5. The fourth-order valence-corrected chi connectivity index (χ4v) is 4.42. The quantitative estimate of drug-likeness (QED) is 0.334. The second-order valence-corrected chi connectivity index (χ2v) is 8.42. The molecule has 6 rings (SSSR count). The van der Waals surface area contributed by atoms with Gasteiger partial charge in [0.05, 0.1) is 7.11 Å². The van der Waals surface area contributed by atoms with Gasteiger partial charge in [0.15, 0.2) is 0 Å². The summed E-state index contributed by atoms with van der Waals surface area (Å²) in [6.07, 6.45) is 8.51. The van der Waals surface area contributed by atoms with E-state index in [4.69, 9.17) is 4.74 Å². The Balaban J connectivity index is 1.60. The zero-order valence-corrected chi connectivity index (χ0v) is 18.5. The number of aromatic nitrogens is 4. The minimum absolute atomic E-state index is 0.893. The van der Waals surface area contributed by atoms with Gasteiger partial charge in [0.25, 0.3) is 0 Å². The Morgan fingerprint density at radius 3 is 1.79 bits per heavy atom. The Hall–Kier alpha value is -4.38. The number of hydrogen-bond donors (Lipinski definition) is 4. The molecule has 0 fully saturated rings. The van der Waals surface area contributed by atoms with Crippen molar-refractivity contribution in [2.24, 2.45) is 0 Å². The van der Waals surface area contributed by atoms with Crippen molar-refractivity contribution in [2.75, 3.05) is 7.11 Å². The minimum Gasteiger partial charge on any atom is -0.496 e. The van der Waals surface area contributed by atoms with Gasteiger partial charge in [0.1, 0.15) is 5.75 Å². The molecule has 4 N–H and O–H groups in total. The number of ether oxygens (including phenoxy) is 1. The first-order chi connectivity index (χ1) is 16.1. The van der Waals surface area contributed by atoms with E-state index in [0.29, 0.717) is 0 Å². The summed E-state index contributed by atoms with van der Waals surface area (Å²) in [6, 6.07) is 21.1. The fraction of sp³-hybridized carbons (Fsp3) is 0.0714. The predicted octanol–water partition coefficient (Wildman–Crippen LogP) is 2.61. The molecule has 0 aliphatic carbocycles. The van der Waals surface area contributed by atoms with E-state index in [-0.39, 0.29) is 0 Å². The van der Waals surface area contributed by atoms with Crippen molar-refractivity contribution in [1.82, 2.24) is 19.9 Å². The molecule has 0 atom stereocenters. The standard InChI is InChI=1S/C28H24N4O/c1-17-11-18(3-10-28(17)33-2)26-15-25-14-23-7-6-21(30-23)12-19-4-5-20(29-19)13-22-8-9-24(31-22)16-27(26)32-25/h3-16,29-32H,1-2H3. The minimum atomic E-state index is 0.893. The van der Waals surface area contributed by atoms with Crippen LogP contribution >= 0.6 is 0 Å². The highest BCUT2D eigenvalue weighted by Gasteiger charge is 2.07. The molecule has 0 spiro atoms. The molecule has 1 aliphatic heterocycles. The molecule has 5 heterocycles. The predicted molar refractivity (Wildman–Crippen MR) is 133 cm³/mol. The largest absolute Gasteiger partial charge is 0.496 e. The molecule has 0 unspecified atom stereocenters. The number of H-pyrrole nitrogens is 4. The summed E-state index contributed by atoms with van der Waals surface area (Å²) < 4.78 is 5.46. The van der Waals surface area contributed by atoms with Crippen LogP contribution < -0.4 is 26.1 Å². The first kappa shape index (κ1) is 19.3. The Morgan fingerprint density at radius 1 is 0.576 bits per heavy atom. The van der Waals surface area contributed by atoms with Crippen LogP contribution in [0.5, 0.6) is 5.75 Å². The summed E-state index contributed by atoms with van der Waals surface area (Å²) in [5.41, 5.74) is 7.57. The number of rotatable bonds is 2. The van der Waals surface area contributed by atoms with Crippen molar-refractivity contribution in [1.29, 1.82) is 0 Å². The molecule has 5 heteroatoms. The Labute approximate surface area is 190 Å². The summed E-state index contributed by atoms with van der Waals surface area (Å²) in [4.78, 5) is 14.0. The van der Waals surface area contributed by atoms with E-state index in [1.807, 2.05) is 6.07 Å². The molecule has 1 aromatic carbocycles. The molecule has 5 aromatic rings. The third-order valence-electron chi connectivity index (χ3n) is 6.00. The second-order valence-electron chi connectivity index (χ2n) is 8.42. The van der Waals surface area contributed by atoms with Crippen molar-refractivity contribution in [3.05, 3.63) is 110 Å². The van der Waals surface area contributed by atoms with Crippen molar-refractivity contribution < 1.29 is 4.74 Å². The number of methoxy groups -OCH3 is 1. The lowest BCUT2D eigenvalue weighted by Crippen LogP contribution is -2.11. The molecule has 0 saturated carbocycles. The van der Waals surface area contributed by atoms with E-state index in [9.17, 15) is 0 Å². The van der Waals surface area contributed by atoms with Crippen LogP contribution in [0, 0.1) is 6.92 Å². The maximum Gasteiger partial charge on any atom is 0.121 e. The number of nitrogens with one attached hydrogen (secondary N) is 4. The number of benzene rings is 1. The average molecular weight is 433 g/mol. The van der Waals surface area contributed by atoms with Gasteiger partial charge in [-0.15, -0.1) is 0 Å². The van der Waals surface area contributed by atoms with E-state index in [0.717, 1.165) is 66.6 Å². The van der Waals surface area contributed by atoms with Crippen molar-refractivity contribution in [3.8, 4) is 16.9 Å². The van der Waals surface area contributed by atoms with Crippen LogP contribution in [0.1, 0.15) is 28.3 Å². The zero-order chi connectivity index (χ0) is 22.4. The lowest BCUT2D eigenvalue weighted by Gasteiger charge is -2.06. The normalized spacial score (nSPS) is 12.3. The monoisotopic (exact) mass is 432 g/mol. The molecule has 0 amide bonds. The molecule has 162 valence electrons. The maximum absolute atomic E-state index is 5.46. The van der Waals surface area contributed by atoms with Gasteiger partial charge in [-0.1, -0.05) is 6.07 Å². The zero-order valence-electron chi connectivity index (χ0n) is 18.5. The third kappa shape index (κ3) is 3.74.